The lowest BCUT2D eigenvalue weighted by atomic mass is 9.95. The van der Waals surface area contributed by atoms with E-state index >= 15 is 0 Å². The number of pyridine rings is 1. The Morgan fingerprint density at radius 3 is 2.56 bits per heavy atom. The van der Waals surface area contributed by atoms with Crippen molar-refractivity contribution in [3.05, 3.63) is 55.6 Å². The summed E-state index contributed by atoms with van der Waals surface area (Å²) in [4.78, 5) is 28.0. The molecule has 3 rings (SSSR count). The Balaban J connectivity index is 1.64. The molecule has 0 radical (unpaired) electrons. The molecule has 1 aromatic carbocycles. The molecule has 1 fully saturated rings. The van der Waals surface area contributed by atoms with Gasteiger partial charge < -0.3 is 4.74 Å². The first kappa shape index (κ1) is 20.5. The third kappa shape index (κ3) is 4.43. The highest BCUT2D eigenvalue weighted by atomic mass is 79.9. The van der Waals surface area contributed by atoms with Crippen LogP contribution >= 0.6 is 62.3 Å². The topological polar surface area (TPSA) is 71.5 Å². The molecule has 142 valence electrons. The summed E-state index contributed by atoms with van der Waals surface area (Å²) in [5.41, 5.74) is 3.25. The van der Waals surface area contributed by atoms with Crippen LogP contribution < -0.4 is 10.2 Å². The summed E-state index contributed by atoms with van der Waals surface area (Å²) >= 11 is 27.0. The number of alkyl halides is 1. The monoisotopic (exact) mass is 511 g/mol. The first-order chi connectivity index (χ1) is 12.8. The number of carbonyl (C=O) groups is 2. The van der Waals surface area contributed by atoms with Crippen molar-refractivity contribution in [2.75, 3.05) is 6.61 Å². The molecule has 2 atom stereocenters. The zero-order chi connectivity index (χ0) is 19.7. The fraction of sp³-hybridized carbons (Fsp3) is 0.188. The van der Waals surface area contributed by atoms with Crippen molar-refractivity contribution >= 4 is 74.1 Å². The number of halogens is 5. The molecule has 0 bridgehead atoms. The summed E-state index contributed by atoms with van der Waals surface area (Å²) in [5, 5.41) is 0.658. The van der Waals surface area contributed by atoms with Crippen LogP contribution in [-0.4, -0.2) is 33.8 Å². The normalized spacial score (nSPS) is 18.9. The number of ether oxygens (including phenoxy) is 1. The number of rotatable bonds is 5. The average Bonchev–Trinajstić information content (AvgIpc) is 2.64. The molecule has 1 N–H and O–H groups in total. The minimum absolute atomic E-state index is 0.00493. The number of nitrogens with one attached hydrogen (secondary N) is 1. The van der Waals surface area contributed by atoms with Crippen molar-refractivity contribution in [3.63, 3.8) is 0 Å². The number of β-lactam (4-membered cyclic amide) rings is 1. The number of hydrogen-bond donors (Lipinski definition) is 1. The summed E-state index contributed by atoms with van der Waals surface area (Å²) in [6, 6.07) is 8.14. The van der Waals surface area contributed by atoms with Crippen LogP contribution in [0, 0.1) is 0 Å². The highest BCUT2D eigenvalue weighted by molar-refractivity contribution is 9.10. The molecule has 1 aliphatic rings. The third-order valence-electron chi connectivity index (χ3n) is 3.68. The van der Waals surface area contributed by atoms with Crippen LogP contribution in [0.25, 0.3) is 0 Å². The molecule has 2 aromatic rings. The number of hydrogen-bond acceptors (Lipinski definition) is 4. The van der Waals surface area contributed by atoms with Gasteiger partial charge in [-0.25, -0.2) is 5.01 Å². The largest absolute Gasteiger partial charge is 0.466 e. The second kappa shape index (κ2) is 8.41. The molecule has 11 heteroatoms. The quantitative estimate of drug-likeness (QED) is 0.365. The van der Waals surface area contributed by atoms with Gasteiger partial charge in [-0.2, -0.15) is 4.98 Å². The lowest BCUT2D eigenvalue weighted by molar-refractivity contribution is -0.157. The standard InChI is InChI=1S/C16H10BrCl4N3O3/c17-8-3-1-7(2-4-8)13-12(20)16(26)24(13)23-11(25)6-27-15-10(19)5-9(18)14(21)22-15/h1-5,12-13H,6H2,(H,23,25). The Labute approximate surface area is 182 Å². The number of amides is 2. The summed E-state index contributed by atoms with van der Waals surface area (Å²) < 4.78 is 6.13. The summed E-state index contributed by atoms with van der Waals surface area (Å²) in [5.74, 6) is -1.04. The van der Waals surface area contributed by atoms with Crippen LogP contribution in [0.5, 0.6) is 5.88 Å². The lowest BCUT2D eigenvalue weighted by Gasteiger charge is -2.43. The first-order valence-electron chi connectivity index (χ1n) is 7.44. The third-order valence-corrected chi connectivity index (χ3v) is 5.58. The van der Waals surface area contributed by atoms with Gasteiger partial charge in [0.1, 0.15) is 16.4 Å². The molecule has 1 saturated heterocycles. The molecule has 1 aliphatic heterocycles. The van der Waals surface area contributed by atoms with E-state index in [1.165, 1.54) is 6.07 Å². The van der Waals surface area contributed by atoms with Gasteiger partial charge in [0.05, 0.1) is 5.02 Å². The van der Waals surface area contributed by atoms with Crippen LogP contribution in [-0.2, 0) is 9.59 Å². The Kier molecular flexibility index (Phi) is 6.38. The highest BCUT2D eigenvalue weighted by Gasteiger charge is 2.48. The van der Waals surface area contributed by atoms with Crippen LogP contribution in [0.15, 0.2) is 34.8 Å². The first-order valence-corrected chi connectivity index (χ1v) is 9.80. The fourth-order valence-corrected chi connectivity index (χ4v) is 3.56. The van der Waals surface area contributed by atoms with Gasteiger partial charge in [-0.05, 0) is 23.8 Å². The zero-order valence-electron chi connectivity index (χ0n) is 13.3. The van der Waals surface area contributed by atoms with Gasteiger partial charge in [-0.3, -0.25) is 15.0 Å². The fourth-order valence-electron chi connectivity index (χ4n) is 2.39. The van der Waals surface area contributed by atoms with Crippen LogP contribution in [0.3, 0.4) is 0 Å². The Morgan fingerprint density at radius 2 is 1.89 bits per heavy atom. The molecule has 6 nitrogen and oxygen atoms in total. The van der Waals surface area contributed by atoms with Crippen molar-refractivity contribution in [2.45, 2.75) is 11.4 Å². The van der Waals surface area contributed by atoms with Gasteiger partial charge in [-0.1, -0.05) is 62.9 Å². The van der Waals surface area contributed by atoms with Gasteiger partial charge >= 0.3 is 0 Å². The van der Waals surface area contributed by atoms with Gasteiger partial charge in [0, 0.05) is 4.47 Å². The molecule has 0 aliphatic carbocycles. The molecule has 0 saturated carbocycles. The van der Waals surface area contributed by atoms with Gasteiger partial charge in [0.2, 0.25) is 5.88 Å². The minimum Gasteiger partial charge on any atom is -0.466 e. The Morgan fingerprint density at radius 1 is 1.22 bits per heavy atom. The summed E-state index contributed by atoms with van der Waals surface area (Å²) in [7, 11) is 0. The molecule has 2 amide bonds. The van der Waals surface area contributed by atoms with Crippen molar-refractivity contribution in [3.8, 4) is 5.88 Å². The van der Waals surface area contributed by atoms with Crippen molar-refractivity contribution in [1.29, 1.82) is 0 Å². The van der Waals surface area contributed by atoms with E-state index in [-0.39, 0.29) is 21.1 Å². The average molecular weight is 514 g/mol. The maximum Gasteiger partial charge on any atom is 0.276 e. The van der Waals surface area contributed by atoms with E-state index in [1.807, 2.05) is 24.3 Å². The van der Waals surface area contributed by atoms with E-state index in [0.717, 1.165) is 15.0 Å². The number of aromatic nitrogens is 1. The zero-order valence-corrected chi connectivity index (χ0v) is 17.9. The molecule has 2 heterocycles. The van der Waals surface area contributed by atoms with Gasteiger partial charge in [0.25, 0.3) is 11.8 Å². The molecule has 2 unspecified atom stereocenters. The predicted octanol–water partition coefficient (Wildman–Crippen LogP) is 4.41. The number of nitrogens with zero attached hydrogens (tertiary/aromatic N) is 2. The van der Waals surface area contributed by atoms with Crippen LogP contribution in [0.1, 0.15) is 11.6 Å². The smallest absolute Gasteiger partial charge is 0.276 e. The summed E-state index contributed by atoms with van der Waals surface area (Å²) in [6.45, 7) is -0.436. The van der Waals surface area contributed by atoms with E-state index < -0.39 is 29.8 Å². The molecule has 27 heavy (non-hydrogen) atoms. The molecule has 0 spiro atoms. The lowest BCUT2D eigenvalue weighted by Crippen LogP contribution is -2.63. The molecule has 1 aromatic heterocycles. The molecular weight excluding hydrogens is 504 g/mol. The van der Waals surface area contributed by atoms with Crippen LogP contribution in [0.2, 0.25) is 15.2 Å². The molecular formula is C16H10BrCl4N3O3. The maximum atomic E-state index is 12.2. The van der Waals surface area contributed by atoms with Crippen molar-refractivity contribution in [2.24, 2.45) is 0 Å². The SMILES string of the molecule is O=C(COc1nc(Cl)c(Cl)cc1Cl)NN1C(=O)C(Cl)C1c1ccc(Br)cc1. The van der Waals surface area contributed by atoms with Gasteiger partial charge in [-0.15, -0.1) is 11.6 Å². The number of benzene rings is 1. The second-order valence-corrected chi connectivity index (χ2v) is 8.04. The highest BCUT2D eigenvalue weighted by Crippen LogP contribution is 2.37. The Hall–Kier alpha value is -1.25. The van der Waals surface area contributed by atoms with E-state index in [0.29, 0.717) is 0 Å². The van der Waals surface area contributed by atoms with E-state index in [2.05, 4.69) is 26.3 Å². The van der Waals surface area contributed by atoms with E-state index in [1.54, 1.807) is 0 Å². The van der Waals surface area contributed by atoms with Crippen molar-refractivity contribution in [1.82, 2.24) is 15.4 Å². The van der Waals surface area contributed by atoms with E-state index in [9.17, 15) is 9.59 Å². The summed E-state index contributed by atoms with van der Waals surface area (Å²) in [6.07, 6.45) is 0. The number of carbonyl (C=O) groups excluding carboxylic acids is 2. The van der Waals surface area contributed by atoms with Gasteiger partial charge in [0.15, 0.2) is 11.8 Å². The number of hydrazine groups is 1. The van der Waals surface area contributed by atoms with E-state index in [4.69, 9.17) is 51.1 Å². The minimum atomic E-state index is -0.765. The maximum absolute atomic E-state index is 12.2. The van der Waals surface area contributed by atoms with Crippen molar-refractivity contribution < 1.29 is 14.3 Å². The van der Waals surface area contributed by atoms with Crippen LogP contribution in [0.4, 0.5) is 0 Å². The Bertz CT molecular complexity index is 897. The predicted molar refractivity (Wildman–Crippen MR) is 106 cm³/mol. The second-order valence-electron chi connectivity index (χ2n) is 5.48.